The van der Waals surface area contributed by atoms with Crippen molar-refractivity contribution < 1.29 is 9.53 Å². The fourth-order valence-corrected chi connectivity index (χ4v) is 5.36. The fraction of sp³-hybridized carbons (Fsp3) is 0.143. The van der Waals surface area contributed by atoms with Gasteiger partial charge in [0.1, 0.15) is 16.7 Å². The number of thiazole rings is 1. The van der Waals surface area contributed by atoms with Crippen LogP contribution in [0.1, 0.15) is 15.9 Å². The van der Waals surface area contributed by atoms with Crippen LogP contribution in [0.5, 0.6) is 5.75 Å². The predicted molar refractivity (Wildman–Crippen MR) is 123 cm³/mol. The Kier molecular flexibility index (Phi) is 5.85. The van der Waals surface area contributed by atoms with Gasteiger partial charge in [0.25, 0.3) is 5.56 Å². The first-order valence-corrected chi connectivity index (χ1v) is 11.2. The Morgan fingerprint density at radius 1 is 1.23 bits per heavy atom. The van der Waals surface area contributed by atoms with Gasteiger partial charge in [0, 0.05) is 29.6 Å². The fourth-order valence-electron chi connectivity index (χ4n) is 3.07. The van der Waals surface area contributed by atoms with Gasteiger partial charge in [-0.15, -0.1) is 0 Å². The molecule has 2 heterocycles. The van der Waals surface area contributed by atoms with Crippen LogP contribution in [0.4, 0.5) is 0 Å². The summed E-state index contributed by atoms with van der Waals surface area (Å²) < 4.78 is 9.86. The average molecular weight is 456 g/mol. The monoisotopic (exact) mass is 455 g/mol. The van der Waals surface area contributed by atoms with Gasteiger partial charge in [0.15, 0.2) is 14.8 Å². The molecular weight excluding hydrogens is 438 g/mol. The number of aldehydes is 1. The molecule has 0 atom stereocenters. The highest BCUT2D eigenvalue weighted by Crippen LogP contribution is 2.29. The highest BCUT2D eigenvalue weighted by Gasteiger charge is 2.17. The molecule has 0 fully saturated rings. The summed E-state index contributed by atoms with van der Waals surface area (Å²) in [6.07, 6.45) is 0.799. The molecule has 0 saturated carbocycles. The van der Waals surface area contributed by atoms with E-state index in [0.29, 0.717) is 36.5 Å². The van der Waals surface area contributed by atoms with Gasteiger partial charge in [-0.05, 0) is 42.5 Å². The summed E-state index contributed by atoms with van der Waals surface area (Å²) in [6.45, 7) is 0. The first kappa shape index (κ1) is 20.5. The lowest BCUT2D eigenvalue weighted by atomic mass is 10.1. The standard InChI is InChI=1S/C21H17N3O3S3/c1-23-19(26)17-18(24(21(28)30-17)15-6-4-3-5-7-15)22-20(23)29-12-14-10-13(11-25)8-9-16(14)27-2/h3-11H,12H2,1-2H3. The van der Waals surface area contributed by atoms with Crippen molar-refractivity contribution >= 4 is 51.9 Å². The molecule has 0 unspecified atom stereocenters. The SMILES string of the molecule is COc1ccc(C=O)cc1CSc1nc2c(sc(=S)n2-c2ccccc2)c(=O)n1C. The van der Waals surface area contributed by atoms with Crippen LogP contribution < -0.4 is 10.3 Å². The van der Waals surface area contributed by atoms with Crippen LogP contribution in [0.25, 0.3) is 16.0 Å². The number of benzene rings is 2. The zero-order valence-electron chi connectivity index (χ0n) is 16.2. The Bertz CT molecular complexity index is 1360. The normalized spacial score (nSPS) is 11.0. The number of aromatic nitrogens is 3. The minimum atomic E-state index is -0.137. The van der Waals surface area contributed by atoms with E-state index < -0.39 is 0 Å². The number of nitrogens with zero attached hydrogens (tertiary/aromatic N) is 3. The first-order chi connectivity index (χ1) is 14.5. The molecule has 0 aliphatic rings. The van der Waals surface area contributed by atoms with E-state index in [1.165, 1.54) is 27.7 Å². The zero-order chi connectivity index (χ0) is 21.3. The van der Waals surface area contributed by atoms with E-state index in [2.05, 4.69) is 0 Å². The molecule has 0 aliphatic heterocycles. The summed E-state index contributed by atoms with van der Waals surface area (Å²) in [5.74, 6) is 1.18. The van der Waals surface area contributed by atoms with Gasteiger partial charge in [-0.25, -0.2) is 4.98 Å². The predicted octanol–water partition coefficient (Wildman–Crippen LogP) is 4.63. The van der Waals surface area contributed by atoms with Crippen molar-refractivity contribution in [3.05, 3.63) is 74.0 Å². The molecular formula is C21H17N3O3S3. The summed E-state index contributed by atoms with van der Waals surface area (Å²) in [4.78, 5) is 28.9. The maximum Gasteiger partial charge on any atom is 0.273 e. The second-order valence-corrected chi connectivity index (χ2v) is 9.01. The van der Waals surface area contributed by atoms with Crippen LogP contribution in [0.15, 0.2) is 58.5 Å². The Labute approximate surface area is 185 Å². The smallest absolute Gasteiger partial charge is 0.273 e. The third-order valence-corrected chi connectivity index (χ3v) is 7.02. The molecule has 0 bridgehead atoms. The molecule has 0 N–H and O–H groups in total. The summed E-state index contributed by atoms with van der Waals surface area (Å²) in [5.41, 5.74) is 2.70. The van der Waals surface area contributed by atoms with E-state index in [-0.39, 0.29) is 5.56 Å². The van der Waals surface area contributed by atoms with Crippen LogP contribution in [0.3, 0.4) is 0 Å². The number of hydrogen-bond donors (Lipinski definition) is 0. The number of ether oxygens (including phenoxy) is 1. The van der Waals surface area contributed by atoms with E-state index in [0.717, 1.165) is 17.5 Å². The number of para-hydroxylation sites is 1. The van der Waals surface area contributed by atoms with E-state index >= 15 is 0 Å². The van der Waals surface area contributed by atoms with Crippen molar-refractivity contribution in [2.24, 2.45) is 7.05 Å². The van der Waals surface area contributed by atoms with Gasteiger partial charge in [-0.2, -0.15) is 0 Å². The maximum atomic E-state index is 13.0. The Balaban J connectivity index is 1.79. The molecule has 6 nitrogen and oxygen atoms in total. The molecule has 2 aromatic carbocycles. The molecule has 0 spiro atoms. The topological polar surface area (TPSA) is 66.1 Å². The van der Waals surface area contributed by atoms with Crippen molar-refractivity contribution in [2.45, 2.75) is 10.9 Å². The van der Waals surface area contributed by atoms with Gasteiger partial charge < -0.3 is 4.74 Å². The number of fused-ring (bicyclic) bond motifs is 1. The van der Waals surface area contributed by atoms with Crippen molar-refractivity contribution in [3.8, 4) is 11.4 Å². The number of hydrogen-bond acceptors (Lipinski definition) is 7. The van der Waals surface area contributed by atoms with Crippen molar-refractivity contribution in [1.82, 2.24) is 14.1 Å². The molecule has 152 valence electrons. The second kappa shape index (κ2) is 8.55. The summed E-state index contributed by atoms with van der Waals surface area (Å²) >= 11 is 8.19. The maximum absolute atomic E-state index is 13.0. The minimum absolute atomic E-state index is 0.137. The molecule has 0 amide bonds. The number of thioether (sulfide) groups is 1. The number of carbonyl (C=O) groups excluding carboxylic acids is 1. The first-order valence-electron chi connectivity index (χ1n) is 8.96. The third kappa shape index (κ3) is 3.71. The largest absolute Gasteiger partial charge is 0.496 e. The van der Waals surface area contributed by atoms with E-state index in [1.54, 1.807) is 32.4 Å². The van der Waals surface area contributed by atoms with Gasteiger partial charge in [-0.1, -0.05) is 41.3 Å². The molecule has 4 rings (SSSR count). The van der Waals surface area contributed by atoms with Gasteiger partial charge in [0.2, 0.25) is 0 Å². The van der Waals surface area contributed by atoms with Crippen LogP contribution >= 0.6 is 35.3 Å². The highest BCUT2D eigenvalue weighted by atomic mass is 32.2. The summed E-state index contributed by atoms with van der Waals surface area (Å²) in [5, 5.41) is 0.559. The Morgan fingerprint density at radius 2 is 2.00 bits per heavy atom. The van der Waals surface area contributed by atoms with Crippen molar-refractivity contribution in [3.63, 3.8) is 0 Å². The Hall–Kier alpha value is -2.75. The molecule has 4 aromatic rings. The lowest BCUT2D eigenvalue weighted by Gasteiger charge is -2.11. The molecule has 0 radical (unpaired) electrons. The minimum Gasteiger partial charge on any atom is -0.496 e. The van der Waals surface area contributed by atoms with E-state index in [9.17, 15) is 9.59 Å². The molecule has 9 heteroatoms. The van der Waals surface area contributed by atoms with Gasteiger partial charge >= 0.3 is 0 Å². The van der Waals surface area contributed by atoms with Crippen LogP contribution in [-0.4, -0.2) is 27.5 Å². The number of carbonyl (C=O) groups is 1. The van der Waals surface area contributed by atoms with Gasteiger partial charge in [0.05, 0.1) is 7.11 Å². The zero-order valence-corrected chi connectivity index (χ0v) is 18.6. The quantitative estimate of drug-likeness (QED) is 0.183. The van der Waals surface area contributed by atoms with Crippen LogP contribution in [0, 0.1) is 3.95 Å². The van der Waals surface area contributed by atoms with Crippen LogP contribution in [-0.2, 0) is 12.8 Å². The van der Waals surface area contributed by atoms with Crippen molar-refractivity contribution in [1.29, 1.82) is 0 Å². The molecule has 30 heavy (non-hydrogen) atoms. The van der Waals surface area contributed by atoms with E-state index in [1.807, 2.05) is 34.9 Å². The summed E-state index contributed by atoms with van der Waals surface area (Å²) in [7, 11) is 3.29. The Morgan fingerprint density at radius 3 is 2.70 bits per heavy atom. The summed E-state index contributed by atoms with van der Waals surface area (Å²) in [6, 6.07) is 14.9. The van der Waals surface area contributed by atoms with Crippen molar-refractivity contribution in [2.75, 3.05) is 7.11 Å². The van der Waals surface area contributed by atoms with Crippen LogP contribution in [0.2, 0.25) is 0 Å². The molecule has 0 saturated heterocycles. The molecule has 2 aromatic heterocycles. The third-order valence-electron chi connectivity index (χ3n) is 4.59. The second-order valence-electron chi connectivity index (χ2n) is 6.43. The van der Waals surface area contributed by atoms with Gasteiger partial charge in [-0.3, -0.25) is 18.7 Å². The number of methoxy groups -OCH3 is 1. The lowest BCUT2D eigenvalue weighted by Crippen LogP contribution is -2.19. The lowest BCUT2D eigenvalue weighted by molar-refractivity contribution is 0.112. The molecule has 0 aliphatic carbocycles. The average Bonchev–Trinajstić information content (AvgIpc) is 3.11. The number of rotatable bonds is 6. The highest BCUT2D eigenvalue weighted by molar-refractivity contribution is 7.98. The van der Waals surface area contributed by atoms with E-state index in [4.69, 9.17) is 21.9 Å².